The number of nitriles is 1. The van der Waals surface area contributed by atoms with Crippen LogP contribution in [0.1, 0.15) is 11.5 Å². The molecule has 0 aliphatic rings. The van der Waals surface area contributed by atoms with E-state index in [4.69, 9.17) is 14.2 Å². The fourth-order valence-electron chi connectivity index (χ4n) is 1.31. The van der Waals surface area contributed by atoms with Crippen molar-refractivity contribution in [3.63, 3.8) is 0 Å². The van der Waals surface area contributed by atoms with E-state index in [1.54, 1.807) is 31.2 Å². The van der Waals surface area contributed by atoms with Gasteiger partial charge in [0, 0.05) is 12.1 Å². The topological polar surface area (TPSA) is 92.1 Å². The molecule has 0 aromatic carbocycles. The van der Waals surface area contributed by atoms with Gasteiger partial charge in [-0.25, -0.2) is 0 Å². The van der Waals surface area contributed by atoms with Crippen molar-refractivity contribution in [2.45, 2.75) is 6.92 Å². The first-order valence-electron chi connectivity index (χ1n) is 5.20. The van der Waals surface area contributed by atoms with E-state index in [-0.39, 0.29) is 11.4 Å². The zero-order chi connectivity index (χ0) is 13.8. The van der Waals surface area contributed by atoms with Gasteiger partial charge in [-0.05, 0) is 35.0 Å². The molecule has 0 bridgehead atoms. The number of furan rings is 1. The van der Waals surface area contributed by atoms with Crippen molar-refractivity contribution in [3.05, 3.63) is 40.0 Å². The highest BCUT2D eigenvalue weighted by Crippen LogP contribution is 2.17. The summed E-state index contributed by atoms with van der Waals surface area (Å²) in [5.41, 5.74) is -0.0949. The quantitative estimate of drug-likeness (QED) is 0.693. The molecular formula is C12H8BrN3O3. The molecule has 0 aliphatic heterocycles. The second-order valence-corrected chi connectivity index (χ2v) is 4.37. The standard InChI is InChI=1S/C12H8BrN3O3/c1-7-4-11(16-19-7)15-12(17)8(6-14)5-9-2-3-10(13)18-9/h2-5H,1H3,(H,15,16,17)/b8-5-. The number of nitrogens with zero attached hydrogens (tertiary/aromatic N) is 2. The number of aromatic nitrogens is 1. The van der Waals surface area contributed by atoms with Gasteiger partial charge in [-0.3, -0.25) is 4.79 Å². The molecule has 2 aromatic rings. The molecule has 0 fully saturated rings. The predicted molar refractivity (Wildman–Crippen MR) is 69.9 cm³/mol. The van der Waals surface area contributed by atoms with Gasteiger partial charge in [0.1, 0.15) is 23.2 Å². The molecule has 1 N–H and O–H groups in total. The second kappa shape index (κ2) is 5.54. The minimum atomic E-state index is -0.580. The van der Waals surface area contributed by atoms with Crippen molar-refractivity contribution in [2.75, 3.05) is 5.32 Å². The Morgan fingerprint density at radius 2 is 2.37 bits per heavy atom. The SMILES string of the molecule is Cc1cc(NC(=O)/C(C#N)=C\c2ccc(Br)o2)no1. The summed E-state index contributed by atoms with van der Waals surface area (Å²) in [6.07, 6.45) is 1.34. The zero-order valence-corrected chi connectivity index (χ0v) is 11.4. The van der Waals surface area contributed by atoms with Crippen LogP contribution >= 0.6 is 15.9 Å². The highest BCUT2D eigenvalue weighted by Gasteiger charge is 2.12. The fraction of sp³-hybridized carbons (Fsp3) is 0.0833. The van der Waals surface area contributed by atoms with Crippen LogP contribution in [0.5, 0.6) is 0 Å². The zero-order valence-electron chi connectivity index (χ0n) is 9.81. The minimum Gasteiger partial charge on any atom is -0.450 e. The van der Waals surface area contributed by atoms with Crippen LogP contribution in [0.4, 0.5) is 5.82 Å². The molecule has 0 atom stereocenters. The van der Waals surface area contributed by atoms with Crippen molar-refractivity contribution in [1.82, 2.24) is 5.16 Å². The number of amides is 1. The normalized spacial score (nSPS) is 11.1. The lowest BCUT2D eigenvalue weighted by Gasteiger charge is -1.98. The predicted octanol–water partition coefficient (Wildman–Crippen LogP) is 2.88. The summed E-state index contributed by atoms with van der Waals surface area (Å²) in [5, 5.41) is 15.0. The lowest BCUT2D eigenvalue weighted by molar-refractivity contribution is -0.112. The largest absolute Gasteiger partial charge is 0.450 e. The average molecular weight is 322 g/mol. The Bertz CT molecular complexity index is 678. The van der Waals surface area contributed by atoms with Gasteiger partial charge < -0.3 is 14.3 Å². The molecule has 2 aromatic heterocycles. The number of rotatable bonds is 3. The van der Waals surface area contributed by atoms with E-state index in [2.05, 4.69) is 26.4 Å². The Kier molecular flexibility index (Phi) is 3.82. The number of carbonyl (C=O) groups is 1. The Morgan fingerprint density at radius 3 is 2.89 bits per heavy atom. The number of anilines is 1. The summed E-state index contributed by atoms with van der Waals surface area (Å²) in [5.74, 6) is 0.634. The van der Waals surface area contributed by atoms with Gasteiger partial charge in [0.05, 0.1) is 0 Å². The summed E-state index contributed by atoms with van der Waals surface area (Å²) >= 11 is 3.14. The summed E-state index contributed by atoms with van der Waals surface area (Å²) < 4.78 is 10.5. The van der Waals surface area contributed by atoms with Gasteiger partial charge in [-0.1, -0.05) is 5.16 Å². The fourth-order valence-corrected chi connectivity index (χ4v) is 1.62. The van der Waals surface area contributed by atoms with Crippen LogP contribution < -0.4 is 5.32 Å². The van der Waals surface area contributed by atoms with Gasteiger partial charge in [0.25, 0.3) is 5.91 Å². The van der Waals surface area contributed by atoms with E-state index in [0.717, 1.165) is 0 Å². The van der Waals surface area contributed by atoms with Crippen molar-refractivity contribution < 1.29 is 13.7 Å². The molecule has 0 saturated heterocycles. The Morgan fingerprint density at radius 1 is 1.58 bits per heavy atom. The first-order chi connectivity index (χ1) is 9.08. The van der Waals surface area contributed by atoms with Crippen LogP contribution in [0.2, 0.25) is 0 Å². The maximum atomic E-state index is 11.8. The van der Waals surface area contributed by atoms with Crippen LogP contribution in [-0.2, 0) is 4.79 Å². The molecule has 2 heterocycles. The van der Waals surface area contributed by atoms with Crippen LogP contribution in [-0.4, -0.2) is 11.1 Å². The molecule has 7 heteroatoms. The molecule has 96 valence electrons. The maximum absolute atomic E-state index is 11.8. The van der Waals surface area contributed by atoms with E-state index in [0.29, 0.717) is 16.2 Å². The first-order valence-corrected chi connectivity index (χ1v) is 5.99. The highest BCUT2D eigenvalue weighted by atomic mass is 79.9. The molecule has 0 aliphatic carbocycles. The van der Waals surface area contributed by atoms with E-state index >= 15 is 0 Å². The van der Waals surface area contributed by atoms with Crippen molar-refractivity contribution >= 4 is 33.7 Å². The molecule has 0 saturated carbocycles. The lowest BCUT2D eigenvalue weighted by Crippen LogP contribution is -2.13. The highest BCUT2D eigenvalue weighted by molar-refractivity contribution is 9.10. The number of halogens is 1. The van der Waals surface area contributed by atoms with E-state index in [9.17, 15) is 4.79 Å². The number of hydrogen-bond donors (Lipinski definition) is 1. The van der Waals surface area contributed by atoms with Crippen LogP contribution in [0.25, 0.3) is 6.08 Å². The molecule has 0 unspecified atom stereocenters. The monoisotopic (exact) mass is 321 g/mol. The van der Waals surface area contributed by atoms with E-state index in [1.807, 2.05) is 0 Å². The van der Waals surface area contributed by atoms with Crippen LogP contribution in [0.3, 0.4) is 0 Å². The van der Waals surface area contributed by atoms with Gasteiger partial charge in [0.15, 0.2) is 10.5 Å². The molecule has 0 spiro atoms. The maximum Gasteiger partial charge on any atom is 0.267 e. The third kappa shape index (κ3) is 3.33. The molecule has 19 heavy (non-hydrogen) atoms. The second-order valence-electron chi connectivity index (χ2n) is 3.59. The smallest absolute Gasteiger partial charge is 0.267 e. The Hall–Kier alpha value is -2.33. The van der Waals surface area contributed by atoms with E-state index < -0.39 is 5.91 Å². The number of aryl methyl sites for hydroxylation is 1. The third-order valence-electron chi connectivity index (χ3n) is 2.12. The van der Waals surface area contributed by atoms with Crippen molar-refractivity contribution in [3.8, 4) is 6.07 Å². The summed E-state index contributed by atoms with van der Waals surface area (Å²) in [6.45, 7) is 1.70. The first kappa shape index (κ1) is 13.1. The Balaban J connectivity index is 2.16. The third-order valence-corrected chi connectivity index (χ3v) is 2.54. The summed E-state index contributed by atoms with van der Waals surface area (Å²) in [4.78, 5) is 11.8. The molecule has 1 amide bonds. The van der Waals surface area contributed by atoms with Crippen molar-refractivity contribution in [1.29, 1.82) is 5.26 Å². The van der Waals surface area contributed by atoms with Gasteiger partial charge in [-0.2, -0.15) is 5.26 Å². The van der Waals surface area contributed by atoms with Crippen LogP contribution in [0, 0.1) is 18.3 Å². The van der Waals surface area contributed by atoms with Crippen molar-refractivity contribution in [2.24, 2.45) is 0 Å². The average Bonchev–Trinajstić information content (AvgIpc) is 2.95. The Labute approximate surface area is 116 Å². The number of carbonyl (C=O) groups excluding carboxylic acids is 1. The molecule has 6 nitrogen and oxygen atoms in total. The van der Waals surface area contributed by atoms with E-state index in [1.165, 1.54) is 6.08 Å². The molecule has 0 radical (unpaired) electrons. The summed E-state index contributed by atoms with van der Waals surface area (Å²) in [6, 6.07) is 6.65. The van der Waals surface area contributed by atoms with Gasteiger partial charge in [-0.15, -0.1) is 0 Å². The minimum absolute atomic E-state index is 0.0949. The number of nitrogens with one attached hydrogen (secondary N) is 1. The molecular weight excluding hydrogens is 314 g/mol. The van der Waals surface area contributed by atoms with Gasteiger partial charge in [0.2, 0.25) is 0 Å². The number of hydrogen-bond acceptors (Lipinski definition) is 5. The lowest BCUT2D eigenvalue weighted by atomic mass is 10.2. The van der Waals surface area contributed by atoms with Gasteiger partial charge >= 0.3 is 0 Å². The molecule has 2 rings (SSSR count). The summed E-state index contributed by atoms with van der Waals surface area (Å²) in [7, 11) is 0. The van der Waals surface area contributed by atoms with Crippen LogP contribution in [0.15, 0.2) is 37.4 Å².